The molecule has 0 saturated heterocycles. The van der Waals surface area contributed by atoms with Crippen LogP contribution in [-0.2, 0) is 20.8 Å². The first-order valence-corrected chi connectivity index (χ1v) is 11.7. The number of aliphatic imine (C=N–C) groups is 1. The fraction of sp³-hybridized carbons (Fsp3) is 0.346. The number of hydrogen-bond acceptors (Lipinski definition) is 6. The average Bonchev–Trinajstić information content (AvgIpc) is 2.86. The van der Waals surface area contributed by atoms with Crippen LogP contribution in [0, 0.1) is 11.5 Å². The fourth-order valence-corrected chi connectivity index (χ4v) is 3.25. The lowest BCUT2D eigenvalue weighted by molar-refractivity contribution is -0.137. The summed E-state index contributed by atoms with van der Waals surface area (Å²) in [7, 11) is 0. The predicted molar refractivity (Wildman–Crippen MR) is 134 cm³/mol. The number of amides is 2. The van der Waals surface area contributed by atoms with Gasteiger partial charge in [0.15, 0.2) is 0 Å². The highest BCUT2D eigenvalue weighted by Crippen LogP contribution is 2.08. The van der Waals surface area contributed by atoms with Gasteiger partial charge in [-0.15, -0.1) is 4.99 Å². The predicted octanol–water partition coefficient (Wildman–Crippen LogP) is 2.37. The first kappa shape index (κ1) is 27.9. The molecule has 0 fully saturated rings. The summed E-state index contributed by atoms with van der Waals surface area (Å²) in [5, 5.41) is 26.1. The van der Waals surface area contributed by atoms with Crippen molar-refractivity contribution in [2.45, 2.75) is 44.6 Å². The van der Waals surface area contributed by atoms with E-state index in [-0.39, 0.29) is 37.1 Å². The van der Waals surface area contributed by atoms with Crippen LogP contribution in [0.5, 0.6) is 5.75 Å². The molecule has 2 aromatic carbocycles. The van der Waals surface area contributed by atoms with Gasteiger partial charge in [-0.1, -0.05) is 48.5 Å². The third-order valence-corrected chi connectivity index (χ3v) is 5.02. The number of carbonyl (C=O) groups is 3. The van der Waals surface area contributed by atoms with E-state index >= 15 is 0 Å². The molecule has 0 bridgehead atoms. The monoisotopic (exact) mass is 493 g/mol. The third-order valence-electron chi connectivity index (χ3n) is 5.02. The van der Waals surface area contributed by atoms with Gasteiger partial charge >= 0.3 is 12.0 Å². The number of benzene rings is 2. The number of nitrogens with zero attached hydrogens (tertiary/aromatic N) is 2. The van der Waals surface area contributed by atoms with Crippen molar-refractivity contribution in [3.05, 3.63) is 66.2 Å². The van der Waals surface area contributed by atoms with E-state index in [1.54, 1.807) is 18.3 Å². The normalized spacial score (nSPS) is 11.6. The number of rotatable bonds is 14. The van der Waals surface area contributed by atoms with Crippen LogP contribution >= 0.6 is 0 Å². The molecule has 0 unspecified atom stereocenters. The Hall–Kier alpha value is -4.39. The Kier molecular flexibility index (Phi) is 12.6. The first-order chi connectivity index (χ1) is 17.5. The zero-order chi connectivity index (χ0) is 26.0. The number of nitriles is 1. The molecule has 0 heterocycles. The van der Waals surface area contributed by atoms with Gasteiger partial charge in [0.2, 0.25) is 18.0 Å². The summed E-state index contributed by atoms with van der Waals surface area (Å²) in [5.41, 5.74) is 0.899. The maximum atomic E-state index is 12.8. The Morgan fingerprint density at radius 2 is 1.56 bits per heavy atom. The first-order valence-electron chi connectivity index (χ1n) is 11.7. The lowest BCUT2D eigenvalue weighted by Crippen LogP contribution is -2.48. The largest absolute Gasteiger partial charge is 0.481 e. The molecule has 2 amide bonds. The Morgan fingerprint density at radius 1 is 0.917 bits per heavy atom. The van der Waals surface area contributed by atoms with Crippen LogP contribution in [0.1, 0.15) is 37.7 Å². The van der Waals surface area contributed by atoms with Crippen LogP contribution < -0.4 is 20.7 Å². The van der Waals surface area contributed by atoms with Crippen LogP contribution in [0.4, 0.5) is 0 Å². The maximum absolute atomic E-state index is 12.8. The molecule has 36 heavy (non-hydrogen) atoms. The summed E-state index contributed by atoms with van der Waals surface area (Å²) < 4.78 is 5.54. The molecular weight excluding hydrogens is 462 g/mol. The summed E-state index contributed by atoms with van der Waals surface area (Å²) in [6.07, 6.45) is 3.49. The minimum Gasteiger partial charge on any atom is -0.481 e. The Bertz CT molecular complexity index is 1040. The van der Waals surface area contributed by atoms with E-state index in [2.05, 4.69) is 20.9 Å². The van der Waals surface area contributed by atoms with Crippen LogP contribution in [0.25, 0.3) is 0 Å². The molecule has 0 aliphatic heterocycles. The van der Waals surface area contributed by atoms with E-state index in [0.29, 0.717) is 38.1 Å². The second-order valence-corrected chi connectivity index (χ2v) is 7.91. The number of hydrogen-bond donors (Lipinski definition) is 4. The number of carbonyl (C=O) groups excluding carboxylic acids is 2. The lowest BCUT2D eigenvalue weighted by atomic mass is 10.0. The van der Waals surface area contributed by atoms with E-state index < -0.39 is 12.0 Å². The Morgan fingerprint density at radius 3 is 2.19 bits per heavy atom. The second-order valence-electron chi connectivity index (χ2n) is 7.91. The van der Waals surface area contributed by atoms with Crippen molar-refractivity contribution in [1.82, 2.24) is 16.0 Å². The molecule has 0 aliphatic carbocycles. The molecule has 190 valence electrons. The summed E-state index contributed by atoms with van der Waals surface area (Å²) in [6.45, 7) is 0.877. The molecule has 2 aromatic rings. The highest BCUT2D eigenvalue weighted by Gasteiger charge is 2.21. The topological polar surface area (TPSA) is 153 Å². The van der Waals surface area contributed by atoms with Gasteiger partial charge in [0.1, 0.15) is 11.8 Å². The van der Waals surface area contributed by atoms with Crippen molar-refractivity contribution in [2.75, 3.05) is 13.1 Å². The van der Waals surface area contributed by atoms with Crippen LogP contribution in [0.3, 0.4) is 0 Å². The number of carboxylic acids is 1. The zero-order valence-corrected chi connectivity index (χ0v) is 20.0. The van der Waals surface area contributed by atoms with Gasteiger partial charge < -0.3 is 25.8 Å². The Labute approximate surface area is 210 Å². The van der Waals surface area contributed by atoms with Gasteiger partial charge in [-0.25, -0.2) is 0 Å². The molecule has 0 saturated carbocycles. The van der Waals surface area contributed by atoms with Crippen molar-refractivity contribution in [2.24, 2.45) is 4.99 Å². The number of amidine groups is 1. The van der Waals surface area contributed by atoms with Crippen molar-refractivity contribution >= 4 is 23.8 Å². The van der Waals surface area contributed by atoms with Gasteiger partial charge in [-0.2, -0.15) is 5.26 Å². The molecule has 0 spiro atoms. The molecule has 1 atom stereocenters. The fourth-order valence-electron chi connectivity index (χ4n) is 3.25. The van der Waals surface area contributed by atoms with E-state index in [1.165, 1.54) is 0 Å². The number of para-hydroxylation sites is 1. The van der Waals surface area contributed by atoms with Gasteiger partial charge in [-0.3, -0.25) is 14.4 Å². The molecule has 10 heteroatoms. The number of nitrogens with one attached hydrogen (secondary N) is 3. The quantitative estimate of drug-likeness (QED) is 0.136. The summed E-state index contributed by atoms with van der Waals surface area (Å²) in [4.78, 5) is 39.3. The molecule has 10 nitrogen and oxygen atoms in total. The average molecular weight is 494 g/mol. The summed E-state index contributed by atoms with van der Waals surface area (Å²) in [6, 6.07) is 17.6. The van der Waals surface area contributed by atoms with Gasteiger partial charge in [-0.05, 0) is 37.0 Å². The van der Waals surface area contributed by atoms with Crippen molar-refractivity contribution in [3.8, 4) is 11.9 Å². The van der Waals surface area contributed by atoms with E-state index in [9.17, 15) is 14.4 Å². The lowest BCUT2D eigenvalue weighted by Gasteiger charge is -2.19. The molecule has 2 rings (SSSR count). The van der Waals surface area contributed by atoms with Crippen molar-refractivity contribution in [1.29, 1.82) is 5.26 Å². The van der Waals surface area contributed by atoms with Crippen molar-refractivity contribution in [3.63, 3.8) is 0 Å². The second kappa shape index (κ2) is 16.3. The number of carboxylic acid groups (broad SMARTS) is 1. The number of ether oxygens (including phenoxy) is 1. The summed E-state index contributed by atoms with van der Waals surface area (Å²) in [5.74, 6) is -1.08. The van der Waals surface area contributed by atoms with Gasteiger partial charge in [0.05, 0.1) is 0 Å². The van der Waals surface area contributed by atoms with E-state index in [4.69, 9.17) is 15.1 Å². The van der Waals surface area contributed by atoms with Gasteiger partial charge in [0, 0.05) is 32.4 Å². The van der Waals surface area contributed by atoms with E-state index in [1.807, 2.05) is 48.5 Å². The highest BCUT2D eigenvalue weighted by atomic mass is 16.5. The summed E-state index contributed by atoms with van der Waals surface area (Å²) >= 11 is 0. The van der Waals surface area contributed by atoms with Gasteiger partial charge in [0.25, 0.3) is 0 Å². The van der Waals surface area contributed by atoms with E-state index in [0.717, 1.165) is 5.56 Å². The smallest absolute Gasteiger partial charge is 0.305 e. The minimum atomic E-state index is -0.964. The highest BCUT2D eigenvalue weighted by molar-refractivity contribution is 5.88. The molecular formula is C26H31N5O5. The molecule has 0 radical (unpaired) electrons. The third kappa shape index (κ3) is 11.7. The Balaban J connectivity index is 1.78. The van der Waals surface area contributed by atoms with Crippen LogP contribution in [0.2, 0.25) is 0 Å². The zero-order valence-electron chi connectivity index (χ0n) is 20.0. The van der Waals surface area contributed by atoms with Crippen LogP contribution in [-0.4, -0.2) is 48.0 Å². The molecule has 0 aromatic heterocycles. The minimum absolute atomic E-state index is 0.0359. The molecule has 0 aliphatic rings. The standard InChI is InChI=1S/C26H31N5O5/c27-19-30-26(36-21-12-5-2-6-13-21)29-17-8-7-16-28-25(35)22(18-20-10-3-1-4-11-20)31-23(32)14-9-15-24(33)34/h1-6,10-13,22H,7-9,14-18H2,(H,28,35)(H,29,30)(H,31,32)(H,33,34)/t22-/m1/s1. The number of aliphatic carboxylic acids is 1. The number of unbranched alkanes of at least 4 members (excludes halogenated alkanes) is 1. The molecule has 4 N–H and O–H groups in total. The van der Waals surface area contributed by atoms with Crippen LogP contribution in [0.15, 0.2) is 65.7 Å². The van der Waals surface area contributed by atoms with Crippen molar-refractivity contribution < 1.29 is 24.2 Å². The maximum Gasteiger partial charge on any atom is 0.305 e. The SMILES string of the molecule is N#C/N=C(\NCCCCNC(=O)[C@@H](Cc1ccccc1)NC(=O)CCCC(=O)O)Oc1ccccc1.